The largest absolute Gasteiger partial charge is 0.492 e. The average Bonchev–Trinajstić information content (AvgIpc) is 3.18. The molecule has 1 aromatic heterocycles. The molecule has 0 bridgehead atoms. The number of halogens is 2. The lowest BCUT2D eigenvalue weighted by Gasteiger charge is -2.06. The van der Waals surface area contributed by atoms with Crippen LogP contribution in [0, 0.1) is 0 Å². The van der Waals surface area contributed by atoms with E-state index < -0.39 is 15.8 Å². The number of rotatable bonds is 10. The van der Waals surface area contributed by atoms with Crippen LogP contribution >= 0.6 is 23.2 Å². The van der Waals surface area contributed by atoms with Crippen molar-refractivity contribution in [1.29, 1.82) is 0 Å². The number of methoxy groups -OCH3 is 1. The quantitative estimate of drug-likeness (QED) is 0.158. The van der Waals surface area contributed by atoms with Gasteiger partial charge in [0.05, 0.1) is 18.8 Å². The number of hydrogen-bond acceptors (Lipinski definition) is 5. The summed E-state index contributed by atoms with van der Waals surface area (Å²) in [4.78, 5) is 13.2. The van der Waals surface area contributed by atoms with E-state index in [0.717, 1.165) is 22.9 Å². The van der Waals surface area contributed by atoms with E-state index >= 15 is 0 Å². The van der Waals surface area contributed by atoms with Crippen LogP contribution in [0.25, 0.3) is 22.1 Å². The normalized spacial score (nSPS) is 12.7. The van der Waals surface area contributed by atoms with Crippen LogP contribution in [0.1, 0.15) is 16.1 Å². The van der Waals surface area contributed by atoms with E-state index in [0.29, 0.717) is 16.7 Å². The second kappa shape index (κ2) is 11.1. The highest BCUT2D eigenvalue weighted by atomic mass is 35.5. The smallest absolute Gasteiger partial charge is 0.233 e. The number of furan rings is 1. The van der Waals surface area contributed by atoms with Crippen molar-refractivity contribution in [3.8, 4) is 16.9 Å². The van der Waals surface area contributed by atoms with Crippen LogP contribution < -0.4 is 9.46 Å². The maximum absolute atomic E-state index is 13.2. The summed E-state index contributed by atoms with van der Waals surface area (Å²) in [6, 6.07) is 12.9. The summed E-state index contributed by atoms with van der Waals surface area (Å²) in [5.41, 5.74) is 3.12. The van der Waals surface area contributed by atoms with Crippen molar-refractivity contribution < 1.29 is 22.4 Å². The van der Waals surface area contributed by atoms with Gasteiger partial charge in [0.2, 0.25) is 21.6 Å². The molecule has 9 heteroatoms. The zero-order valence-corrected chi connectivity index (χ0v) is 20.9. The van der Waals surface area contributed by atoms with Gasteiger partial charge in [0.1, 0.15) is 5.58 Å². The Morgan fingerprint density at radius 3 is 2.59 bits per heavy atom. The van der Waals surface area contributed by atoms with Crippen LogP contribution in [0.4, 0.5) is 0 Å². The molecule has 0 aliphatic rings. The molecule has 34 heavy (non-hydrogen) atoms. The summed E-state index contributed by atoms with van der Waals surface area (Å²) < 4.78 is 36.7. The summed E-state index contributed by atoms with van der Waals surface area (Å²) in [6.07, 6.45) is 5.57. The minimum absolute atomic E-state index is 0.00924. The van der Waals surface area contributed by atoms with E-state index in [2.05, 4.69) is 11.3 Å². The van der Waals surface area contributed by atoms with Gasteiger partial charge in [-0.1, -0.05) is 60.7 Å². The van der Waals surface area contributed by atoms with Crippen molar-refractivity contribution >= 4 is 50.0 Å². The fraction of sp³-hybridized carbons (Fsp3) is 0.160. The highest BCUT2D eigenvalue weighted by Crippen LogP contribution is 2.38. The van der Waals surface area contributed by atoms with Crippen LogP contribution in [0.5, 0.6) is 5.75 Å². The Morgan fingerprint density at radius 1 is 1.21 bits per heavy atom. The molecule has 0 aliphatic carbocycles. The summed E-state index contributed by atoms with van der Waals surface area (Å²) >= 11 is 12.0. The Kier molecular flexibility index (Phi) is 8.38. The number of benzene rings is 2. The SMILES string of the molecule is C=CC=C(C(=O)c1oc2cc(-c3cccc(CNS(C)(=O)=O)c3)ccc2c1OC)C(Cl)=CCCl. The van der Waals surface area contributed by atoms with Gasteiger partial charge in [-0.2, -0.15) is 0 Å². The van der Waals surface area contributed by atoms with Gasteiger partial charge in [-0.05, 0) is 34.9 Å². The van der Waals surface area contributed by atoms with Gasteiger partial charge in [0, 0.05) is 23.0 Å². The molecule has 0 radical (unpaired) electrons. The Labute approximate surface area is 208 Å². The number of carbonyl (C=O) groups is 1. The Bertz CT molecular complexity index is 1400. The summed E-state index contributed by atoms with van der Waals surface area (Å²) in [5.74, 6) is -0.0207. The predicted molar refractivity (Wildman–Crippen MR) is 137 cm³/mol. The van der Waals surface area contributed by atoms with Gasteiger partial charge in [-0.15, -0.1) is 11.6 Å². The first-order valence-corrected chi connectivity index (χ1v) is 12.9. The first-order chi connectivity index (χ1) is 16.2. The lowest BCUT2D eigenvalue weighted by molar-refractivity contribution is 0.101. The molecular weight excluding hydrogens is 497 g/mol. The number of ketones is 1. The summed E-state index contributed by atoms with van der Waals surface area (Å²) in [6.45, 7) is 3.81. The third-order valence-corrected chi connectivity index (χ3v) is 6.08. The summed E-state index contributed by atoms with van der Waals surface area (Å²) in [7, 11) is -1.85. The van der Waals surface area contributed by atoms with E-state index in [4.69, 9.17) is 32.4 Å². The van der Waals surface area contributed by atoms with Gasteiger partial charge < -0.3 is 9.15 Å². The maximum atomic E-state index is 13.2. The Balaban J connectivity index is 2.04. The molecule has 0 aliphatic heterocycles. The van der Waals surface area contributed by atoms with E-state index in [-0.39, 0.29) is 28.8 Å². The predicted octanol–water partition coefficient (Wildman–Crippen LogP) is 5.81. The number of Topliss-reactive ketones (excluding diaryl/α,β-unsaturated/α-hetero) is 1. The van der Waals surface area contributed by atoms with Crippen molar-refractivity contribution in [3.05, 3.63) is 89.2 Å². The first-order valence-electron chi connectivity index (χ1n) is 10.1. The third kappa shape index (κ3) is 5.98. The number of nitrogens with one attached hydrogen (secondary N) is 1. The number of ether oxygens (including phenoxy) is 1. The number of sulfonamides is 1. The highest BCUT2D eigenvalue weighted by Gasteiger charge is 2.26. The van der Waals surface area contributed by atoms with Crippen LogP contribution in [0.15, 0.2) is 82.3 Å². The first kappa shape index (κ1) is 25.8. The molecule has 1 N–H and O–H groups in total. The lowest BCUT2D eigenvalue weighted by atomic mass is 10.0. The van der Waals surface area contributed by atoms with Crippen molar-refractivity contribution in [2.75, 3.05) is 19.2 Å². The molecule has 1 heterocycles. The number of carbonyl (C=O) groups excluding carboxylic acids is 1. The zero-order chi connectivity index (χ0) is 24.9. The minimum Gasteiger partial charge on any atom is -0.492 e. The van der Waals surface area contributed by atoms with Gasteiger partial charge in [-0.25, -0.2) is 13.1 Å². The molecule has 0 spiro atoms. The second-order valence-corrected chi connectivity index (χ2v) is 9.87. The van der Waals surface area contributed by atoms with E-state index in [1.807, 2.05) is 30.3 Å². The molecule has 6 nitrogen and oxygen atoms in total. The van der Waals surface area contributed by atoms with Crippen LogP contribution in [0.3, 0.4) is 0 Å². The summed E-state index contributed by atoms with van der Waals surface area (Å²) in [5, 5.41) is 0.808. The Hall–Kier alpha value is -2.84. The molecule has 3 aromatic rings. The monoisotopic (exact) mass is 519 g/mol. The minimum atomic E-state index is -3.31. The van der Waals surface area contributed by atoms with Crippen molar-refractivity contribution in [3.63, 3.8) is 0 Å². The molecule has 178 valence electrons. The second-order valence-electron chi connectivity index (χ2n) is 7.32. The molecule has 0 amide bonds. The van der Waals surface area contributed by atoms with E-state index in [9.17, 15) is 13.2 Å². The Morgan fingerprint density at radius 2 is 1.94 bits per heavy atom. The highest BCUT2D eigenvalue weighted by molar-refractivity contribution is 7.88. The van der Waals surface area contributed by atoms with Crippen LogP contribution in [-0.2, 0) is 16.6 Å². The van der Waals surface area contributed by atoms with Gasteiger partial charge in [0.15, 0.2) is 5.75 Å². The van der Waals surface area contributed by atoms with Gasteiger partial charge in [-0.3, -0.25) is 4.79 Å². The van der Waals surface area contributed by atoms with Crippen molar-refractivity contribution in [2.45, 2.75) is 6.54 Å². The maximum Gasteiger partial charge on any atom is 0.233 e. The molecule has 0 fully saturated rings. The van der Waals surface area contributed by atoms with Crippen LogP contribution in [-0.4, -0.2) is 33.4 Å². The topological polar surface area (TPSA) is 85.6 Å². The lowest BCUT2D eigenvalue weighted by Crippen LogP contribution is -2.21. The molecule has 2 aromatic carbocycles. The number of hydrogen-bond donors (Lipinski definition) is 1. The molecule has 0 saturated carbocycles. The molecule has 0 saturated heterocycles. The molecular formula is C25H23Cl2NO5S. The third-order valence-electron chi connectivity index (χ3n) is 4.90. The molecule has 0 atom stereocenters. The van der Waals surface area contributed by atoms with E-state index in [1.54, 1.807) is 12.1 Å². The zero-order valence-electron chi connectivity index (χ0n) is 18.6. The van der Waals surface area contributed by atoms with Gasteiger partial charge >= 0.3 is 0 Å². The van der Waals surface area contributed by atoms with Crippen molar-refractivity contribution in [2.24, 2.45) is 0 Å². The van der Waals surface area contributed by atoms with Gasteiger partial charge in [0.25, 0.3) is 0 Å². The van der Waals surface area contributed by atoms with Crippen LogP contribution in [0.2, 0.25) is 0 Å². The fourth-order valence-corrected chi connectivity index (χ4v) is 4.25. The number of fused-ring (bicyclic) bond motifs is 1. The van der Waals surface area contributed by atoms with E-state index in [1.165, 1.54) is 25.3 Å². The standard InChI is InChI=1S/C25H23Cl2NO5S/c1-4-6-19(21(27)11-12-26)23(29)25-24(32-2)20-10-9-18(14-22(20)33-25)17-8-5-7-16(13-17)15-28-34(3,30)31/h4-11,13-14,28H,1,12,15H2,2-3H3. The number of allylic oxidation sites excluding steroid dienone is 5. The number of alkyl halides is 1. The average molecular weight is 520 g/mol. The fourth-order valence-electron chi connectivity index (χ4n) is 3.36. The molecule has 3 rings (SSSR count). The van der Waals surface area contributed by atoms with Crippen molar-refractivity contribution in [1.82, 2.24) is 4.72 Å². The molecule has 0 unspecified atom stereocenters.